The number of nitrogens with two attached hydrogens (primary N) is 1. The van der Waals surface area contributed by atoms with Crippen molar-refractivity contribution in [2.75, 3.05) is 32.0 Å². The maximum atomic E-state index is 12.9. The molecule has 2 aromatic rings. The minimum atomic E-state index is -0.867. The SMILES string of the molecule is CC(C)(CNC(=O)[C@H]1CCCN1C(=O)COc1ccccc1)NCC(O)c1cc(Cl)c(N)c(Cl)c1. The van der Waals surface area contributed by atoms with Crippen LogP contribution in [0, 0.1) is 0 Å². The summed E-state index contributed by atoms with van der Waals surface area (Å²) < 4.78 is 5.55. The number of rotatable bonds is 10. The standard InChI is InChI=1S/C25H32Cl2N4O4/c1-25(2,30-13-21(32)16-11-18(26)23(28)19(27)12-16)15-29-24(34)20-9-6-10-31(20)22(33)14-35-17-7-4-3-5-8-17/h3-5,7-8,11-12,20-21,30,32H,6,9-10,13-15,28H2,1-2H3,(H,29,34)/t20-,21?/m1/s1. The maximum Gasteiger partial charge on any atom is 0.261 e. The van der Waals surface area contributed by atoms with Gasteiger partial charge in [-0.25, -0.2) is 0 Å². The Morgan fingerprint density at radius 1 is 1.23 bits per heavy atom. The molecule has 2 atom stereocenters. The highest BCUT2D eigenvalue weighted by molar-refractivity contribution is 6.38. The number of nitrogens with one attached hydrogen (secondary N) is 2. The number of ether oxygens (including phenoxy) is 1. The van der Waals surface area contributed by atoms with Gasteiger partial charge < -0.3 is 31.1 Å². The van der Waals surface area contributed by atoms with Crippen LogP contribution in [0.15, 0.2) is 42.5 Å². The number of amides is 2. The van der Waals surface area contributed by atoms with E-state index >= 15 is 0 Å². The molecule has 1 fully saturated rings. The highest BCUT2D eigenvalue weighted by Crippen LogP contribution is 2.31. The van der Waals surface area contributed by atoms with E-state index in [1.54, 1.807) is 29.2 Å². The molecule has 8 nitrogen and oxygen atoms in total. The van der Waals surface area contributed by atoms with Crippen LogP contribution in [-0.2, 0) is 9.59 Å². The second-order valence-electron chi connectivity index (χ2n) is 9.24. The lowest BCUT2D eigenvalue weighted by atomic mass is 10.0. The number of likely N-dealkylation sites (tertiary alicyclic amines) is 1. The molecule has 1 aliphatic rings. The quantitative estimate of drug-likeness (QED) is 0.356. The van der Waals surface area contributed by atoms with Gasteiger partial charge in [-0.15, -0.1) is 0 Å². The van der Waals surface area contributed by atoms with Gasteiger partial charge in [0.2, 0.25) is 5.91 Å². The van der Waals surface area contributed by atoms with Crippen LogP contribution in [0.1, 0.15) is 38.4 Å². The van der Waals surface area contributed by atoms with Crippen molar-refractivity contribution in [3.05, 3.63) is 58.1 Å². The molecule has 10 heteroatoms. The number of anilines is 1. The summed E-state index contributed by atoms with van der Waals surface area (Å²) in [5.74, 6) is 0.190. The first-order chi connectivity index (χ1) is 16.6. The molecule has 0 aromatic heterocycles. The highest BCUT2D eigenvalue weighted by Gasteiger charge is 2.34. The fourth-order valence-corrected chi connectivity index (χ4v) is 4.36. The molecule has 1 aliphatic heterocycles. The van der Waals surface area contributed by atoms with Crippen LogP contribution in [0.4, 0.5) is 5.69 Å². The zero-order chi connectivity index (χ0) is 25.6. The summed E-state index contributed by atoms with van der Waals surface area (Å²) in [6.07, 6.45) is 0.497. The van der Waals surface area contributed by atoms with E-state index in [4.69, 9.17) is 33.7 Å². The second-order valence-corrected chi connectivity index (χ2v) is 10.1. The lowest BCUT2D eigenvalue weighted by Crippen LogP contribution is -2.54. The molecule has 0 spiro atoms. The van der Waals surface area contributed by atoms with Gasteiger partial charge in [0.05, 0.1) is 21.8 Å². The van der Waals surface area contributed by atoms with Crippen molar-refractivity contribution in [3.63, 3.8) is 0 Å². The van der Waals surface area contributed by atoms with Crippen LogP contribution >= 0.6 is 23.2 Å². The molecule has 0 bridgehead atoms. The van der Waals surface area contributed by atoms with Gasteiger partial charge in [-0.3, -0.25) is 9.59 Å². The topological polar surface area (TPSA) is 117 Å². The molecule has 1 unspecified atom stereocenters. The summed E-state index contributed by atoms with van der Waals surface area (Å²) in [7, 11) is 0. The van der Waals surface area contributed by atoms with Crippen LogP contribution in [0.25, 0.3) is 0 Å². The van der Waals surface area contributed by atoms with Gasteiger partial charge >= 0.3 is 0 Å². The lowest BCUT2D eigenvalue weighted by molar-refractivity contribution is -0.140. The van der Waals surface area contributed by atoms with Gasteiger partial charge in [0, 0.05) is 25.2 Å². The van der Waals surface area contributed by atoms with Gasteiger partial charge in [0.15, 0.2) is 6.61 Å². The van der Waals surface area contributed by atoms with E-state index in [2.05, 4.69) is 10.6 Å². The Labute approximate surface area is 215 Å². The molecule has 2 aromatic carbocycles. The van der Waals surface area contributed by atoms with Crippen LogP contribution in [-0.4, -0.2) is 59.6 Å². The van der Waals surface area contributed by atoms with Crippen molar-refractivity contribution in [2.45, 2.75) is 44.4 Å². The zero-order valence-electron chi connectivity index (χ0n) is 19.9. The Kier molecular flexibility index (Phi) is 9.24. The number of aliphatic hydroxyl groups is 1. The molecule has 35 heavy (non-hydrogen) atoms. The minimum absolute atomic E-state index is 0.113. The number of benzene rings is 2. The summed E-state index contributed by atoms with van der Waals surface area (Å²) >= 11 is 12.1. The number of nitrogen functional groups attached to an aromatic ring is 1. The Balaban J connectivity index is 1.48. The lowest BCUT2D eigenvalue weighted by Gasteiger charge is -2.30. The molecular weight excluding hydrogens is 491 g/mol. The van der Waals surface area contributed by atoms with Gasteiger partial charge in [-0.05, 0) is 56.5 Å². The fourth-order valence-electron chi connectivity index (χ4n) is 3.86. The van der Waals surface area contributed by atoms with Crippen molar-refractivity contribution in [1.29, 1.82) is 0 Å². The number of hydrogen-bond acceptors (Lipinski definition) is 6. The van der Waals surface area contributed by atoms with Crippen LogP contribution < -0.4 is 21.1 Å². The molecule has 190 valence electrons. The summed E-state index contributed by atoms with van der Waals surface area (Å²) in [5, 5.41) is 17.3. The van der Waals surface area contributed by atoms with E-state index in [0.717, 1.165) is 6.42 Å². The first-order valence-corrected chi connectivity index (χ1v) is 12.3. The first-order valence-electron chi connectivity index (χ1n) is 11.5. The van der Waals surface area contributed by atoms with Crippen molar-refractivity contribution in [3.8, 4) is 5.75 Å². The average molecular weight is 523 g/mol. The van der Waals surface area contributed by atoms with Gasteiger partial charge in [-0.2, -0.15) is 0 Å². The van der Waals surface area contributed by atoms with E-state index in [1.165, 1.54) is 0 Å². The van der Waals surface area contributed by atoms with Gasteiger partial charge in [0.25, 0.3) is 5.91 Å². The molecule has 3 rings (SSSR count). The largest absolute Gasteiger partial charge is 0.484 e. The third-order valence-corrected chi connectivity index (χ3v) is 6.57. The van der Waals surface area contributed by atoms with Crippen LogP contribution in [0.2, 0.25) is 10.0 Å². The van der Waals surface area contributed by atoms with Gasteiger partial charge in [-0.1, -0.05) is 41.4 Å². The minimum Gasteiger partial charge on any atom is -0.484 e. The summed E-state index contributed by atoms with van der Waals surface area (Å²) in [5.41, 5.74) is 6.04. The Morgan fingerprint density at radius 3 is 2.54 bits per heavy atom. The predicted molar refractivity (Wildman–Crippen MR) is 138 cm³/mol. The molecular formula is C25H32Cl2N4O4. The Bertz CT molecular complexity index is 1010. The molecule has 5 N–H and O–H groups in total. The number of para-hydroxylation sites is 1. The third-order valence-electron chi connectivity index (χ3n) is 5.95. The van der Waals surface area contributed by atoms with E-state index < -0.39 is 17.7 Å². The number of carbonyl (C=O) groups excluding carboxylic acids is 2. The first kappa shape index (κ1) is 27.1. The maximum absolute atomic E-state index is 12.9. The zero-order valence-corrected chi connectivity index (χ0v) is 21.4. The van der Waals surface area contributed by atoms with Crippen LogP contribution in [0.3, 0.4) is 0 Å². The average Bonchev–Trinajstić information content (AvgIpc) is 3.33. The molecule has 0 aliphatic carbocycles. The summed E-state index contributed by atoms with van der Waals surface area (Å²) in [6.45, 7) is 4.75. The van der Waals surface area contributed by atoms with E-state index in [-0.39, 0.29) is 40.7 Å². The molecule has 1 heterocycles. The summed E-state index contributed by atoms with van der Waals surface area (Å²) in [6, 6.07) is 11.7. The highest BCUT2D eigenvalue weighted by atomic mass is 35.5. The number of nitrogens with zero attached hydrogens (tertiary/aromatic N) is 1. The number of carbonyl (C=O) groups is 2. The van der Waals surface area contributed by atoms with Crippen molar-refractivity contribution < 1.29 is 19.4 Å². The second kappa shape index (κ2) is 11.9. The van der Waals surface area contributed by atoms with Crippen LogP contribution in [0.5, 0.6) is 5.75 Å². The van der Waals surface area contributed by atoms with E-state index in [0.29, 0.717) is 30.8 Å². The normalized spacial score (nSPS) is 16.7. The van der Waals surface area contributed by atoms with Gasteiger partial charge in [0.1, 0.15) is 11.8 Å². The Morgan fingerprint density at radius 2 is 1.89 bits per heavy atom. The van der Waals surface area contributed by atoms with Crippen molar-refractivity contribution in [1.82, 2.24) is 15.5 Å². The number of β-amino-alcohol motifs (C(OH)–C–C–N with tert-alkyl or cyclic N) is 1. The molecule has 0 radical (unpaired) electrons. The predicted octanol–water partition coefficient (Wildman–Crippen LogP) is 3.16. The number of hydrogen-bond donors (Lipinski definition) is 4. The monoisotopic (exact) mass is 522 g/mol. The molecule has 2 amide bonds. The smallest absolute Gasteiger partial charge is 0.261 e. The molecule has 1 saturated heterocycles. The van der Waals surface area contributed by atoms with E-state index in [1.807, 2.05) is 32.0 Å². The number of aliphatic hydroxyl groups excluding tert-OH is 1. The van der Waals surface area contributed by atoms with E-state index in [9.17, 15) is 14.7 Å². The van der Waals surface area contributed by atoms with Crippen molar-refractivity contribution in [2.24, 2.45) is 0 Å². The van der Waals surface area contributed by atoms with Crippen molar-refractivity contribution >= 4 is 40.7 Å². The number of halogens is 2. The Hall–Kier alpha value is -2.52. The summed E-state index contributed by atoms with van der Waals surface area (Å²) in [4.78, 5) is 27.1. The molecule has 0 saturated carbocycles. The fraction of sp³-hybridized carbons (Fsp3) is 0.440. The third kappa shape index (κ3) is 7.48.